The van der Waals surface area contributed by atoms with Crippen LogP contribution < -0.4 is 0 Å². The van der Waals surface area contributed by atoms with E-state index in [2.05, 4.69) is 69.3 Å². The van der Waals surface area contributed by atoms with Gasteiger partial charge in [-0.1, -0.05) is 62.4 Å². The van der Waals surface area contributed by atoms with E-state index in [4.69, 9.17) is 0 Å². The van der Waals surface area contributed by atoms with Crippen LogP contribution in [-0.2, 0) is 6.42 Å². The third-order valence-corrected chi connectivity index (χ3v) is 3.41. The first-order chi connectivity index (χ1) is 8.68. The minimum Gasteiger partial charge on any atom is -0.0628 e. The Balaban J connectivity index is 2.39. The van der Waals surface area contributed by atoms with Crippen LogP contribution in [0.2, 0.25) is 0 Å². The van der Waals surface area contributed by atoms with E-state index in [1.54, 1.807) is 0 Å². The van der Waals surface area contributed by atoms with Crippen molar-refractivity contribution in [2.75, 3.05) is 0 Å². The molecule has 18 heavy (non-hydrogen) atoms. The number of rotatable bonds is 4. The topological polar surface area (TPSA) is 0 Å². The predicted molar refractivity (Wildman–Crippen MR) is 79.8 cm³/mol. The number of hydrogen-bond donors (Lipinski definition) is 0. The molecule has 0 saturated carbocycles. The molecule has 0 bridgehead atoms. The molecule has 2 aromatic carbocycles. The van der Waals surface area contributed by atoms with Crippen LogP contribution in [0.25, 0.3) is 11.1 Å². The quantitative estimate of drug-likeness (QED) is 0.682. The van der Waals surface area contributed by atoms with Crippen molar-refractivity contribution in [3.63, 3.8) is 0 Å². The largest absolute Gasteiger partial charge is 0.0628 e. The fourth-order valence-electron chi connectivity index (χ4n) is 2.40. The van der Waals surface area contributed by atoms with Crippen LogP contribution >= 0.6 is 0 Å². The number of benzene rings is 2. The van der Waals surface area contributed by atoms with Crippen molar-refractivity contribution in [1.29, 1.82) is 0 Å². The monoisotopic (exact) mass is 238 g/mol. The molecule has 0 aliphatic carbocycles. The van der Waals surface area contributed by atoms with Crippen molar-refractivity contribution >= 4 is 0 Å². The summed E-state index contributed by atoms with van der Waals surface area (Å²) in [6.45, 7) is 6.79. The lowest BCUT2D eigenvalue weighted by molar-refractivity contribution is 0.587. The SMILES string of the molecule is Cc1cccc(CCC(C)C)c1-c1ccccc1. The molecule has 0 spiro atoms. The van der Waals surface area contributed by atoms with Gasteiger partial charge in [-0.25, -0.2) is 0 Å². The molecule has 0 aliphatic rings. The summed E-state index contributed by atoms with van der Waals surface area (Å²) in [5.74, 6) is 0.758. The average Bonchev–Trinajstić information content (AvgIpc) is 2.37. The summed E-state index contributed by atoms with van der Waals surface area (Å²) in [6, 6.07) is 17.4. The van der Waals surface area contributed by atoms with Crippen LogP contribution in [0.1, 0.15) is 31.4 Å². The first kappa shape index (κ1) is 12.9. The molecular formula is C18H22. The standard InChI is InChI=1S/C18H22/c1-14(2)12-13-17-11-7-8-15(3)18(17)16-9-5-4-6-10-16/h4-11,14H,12-13H2,1-3H3. The van der Waals surface area contributed by atoms with Gasteiger partial charge in [-0.15, -0.1) is 0 Å². The average molecular weight is 238 g/mol. The fraction of sp³-hybridized carbons (Fsp3) is 0.333. The maximum absolute atomic E-state index is 2.29. The van der Waals surface area contributed by atoms with Crippen LogP contribution in [0.5, 0.6) is 0 Å². The molecule has 0 saturated heterocycles. The minimum absolute atomic E-state index is 0.758. The molecule has 2 aromatic rings. The van der Waals surface area contributed by atoms with Crippen molar-refractivity contribution in [2.24, 2.45) is 5.92 Å². The number of hydrogen-bond acceptors (Lipinski definition) is 0. The summed E-state index contributed by atoms with van der Waals surface area (Å²) in [5, 5.41) is 0. The van der Waals surface area contributed by atoms with E-state index in [0.29, 0.717) is 0 Å². The molecule has 0 amide bonds. The summed E-state index contributed by atoms with van der Waals surface area (Å²) in [4.78, 5) is 0. The van der Waals surface area contributed by atoms with Crippen LogP contribution in [-0.4, -0.2) is 0 Å². The van der Waals surface area contributed by atoms with Gasteiger partial charge in [0.15, 0.2) is 0 Å². The minimum atomic E-state index is 0.758. The van der Waals surface area contributed by atoms with Gasteiger partial charge in [-0.05, 0) is 47.9 Å². The lowest BCUT2D eigenvalue weighted by Crippen LogP contribution is -1.96. The van der Waals surface area contributed by atoms with E-state index in [-0.39, 0.29) is 0 Å². The first-order valence-corrected chi connectivity index (χ1v) is 6.82. The van der Waals surface area contributed by atoms with E-state index in [1.807, 2.05) is 0 Å². The summed E-state index contributed by atoms with van der Waals surface area (Å²) >= 11 is 0. The van der Waals surface area contributed by atoms with Crippen molar-refractivity contribution in [1.82, 2.24) is 0 Å². The van der Waals surface area contributed by atoms with E-state index in [9.17, 15) is 0 Å². The van der Waals surface area contributed by atoms with Gasteiger partial charge in [-0.3, -0.25) is 0 Å². The summed E-state index contributed by atoms with van der Waals surface area (Å²) < 4.78 is 0. The van der Waals surface area contributed by atoms with Crippen LogP contribution in [0.3, 0.4) is 0 Å². The second-order valence-electron chi connectivity index (χ2n) is 5.41. The fourth-order valence-corrected chi connectivity index (χ4v) is 2.40. The second-order valence-corrected chi connectivity index (χ2v) is 5.41. The maximum Gasteiger partial charge on any atom is -0.0123 e. The maximum atomic E-state index is 2.29. The van der Waals surface area contributed by atoms with Crippen molar-refractivity contribution < 1.29 is 0 Å². The van der Waals surface area contributed by atoms with Crippen molar-refractivity contribution in [3.8, 4) is 11.1 Å². The highest BCUT2D eigenvalue weighted by Crippen LogP contribution is 2.28. The van der Waals surface area contributed by atoms with Gasteiger partial charge in [0, 0.05) is 0 Å². The predicted octanol–water partition coefficient (Wildman–Crippen LogP) is 5.25. The Hall–Kier alpha value is -1.56. The third kappa shape index (κ3) is 3.01. The molecule has 0 aliphatic heterocycles. The Labute approximate surface area is 111 Å². The zero-order chi connectivity index (χ0) is 13.0. The Morgan fingerprint density at radius 2 is 1.61 bits per heavy atom. The summed E-state index contributed by atoms with van der Waals surface area (Å²) in [6.07, 6.45) is 2.42. The van der Waals surface area contributed by atoms with Gasteiger partial charge < -0.3 is 0 Å². The molecule has 0 fully saturated rings. The van der Waals surface area contributed by atoms with Gasteiger partial charge >= 0.3 is 0 Å². The zero-order valence-corrected chi connectivity index (χ0v) is 11.6. The van der Waals surface area contributed by atoms with Crippen LogP contribution in [0.15, 0.2) is 48.5 Å². The zero-order valence-electron chi connectivity index (χ0n) is 11.6. The van der Waals surface area contributed by atoms with Crippen molar-refractivity contribution in [3.05, 3.63) is 59.7 Å². The van der Waals surface area contributed by atoms with Gasteiger partial charge in [0.1, 0.15) is 0 Å². The lowest BCUT2D eigenvalue weighted by atomic mass is 9.91. The highest BCUT2D eigenvalue weighted by molar-refractivity contribution is 5.70. The second kappa shape index (κ2) is 5.86. The number of aryl methyl sites for hydroxylation is 2. The highest BCUT2D eigenvalue weighted by Gasteiger charge is 2.08. The Morgan fingerprint density at radius 3 is 2.28 bits per heavy atom. The van der Waals surface area contributed by atoms with E-state index in [1.165, 1.54) is 35.1 Å². The van der Waals surface area contributed by atoms with Gasteiger partial charge in [-0.2, -0.15) is 0 Å². The smallest absolute Gasteiger partial charge is 0.0123 e. The van der Waals surface area contributed by atoms with E-state index < -0.39 is 0 Å². The van der Waals surface area contributed by atoms with Crippen molar-refractivity contribution in [2.45, 2.75) is 33.6 Å². The molecule has 0 heterocycles. The van der Waals surface area contributed by atoms with Crippen LogP contribution in [0.4, 0.5) is 0 Å². The lowest BCUT2D eigenvalue weighted by Gasteiger charge is -2.14. The molecule has 0 nitrogen and oxygen atoms in total. The Kier molecular flexibility index (Phi) is 4.19. The third-order valence-electron chi connectivity index (χ3n) is 3.41. The summed E-state index contributed by atoms with van der Waals surface area (Å²) in [7, 11) is 0. The molecule has 0 N–H and O–H groups in total. The molecule has 0 aromatic heterocycles. The molecular weight excluding hydrogens is 216 g/mol. The normalized spacial score (nSPS) is 10.9. The first-order valence-electron chi connectivity index (χ1n) is 6.82. The van der Waals surface area contributed by atoms with Gasteiger partial charge in [0.05, 0.1) is 0 Å². The molecule has 0 unspecified atom stereocenters. The Morgan fingerprint density at radius 1 is 0.889 bits per heavy atom. The molecule has 94 valence electrons. The van der Waals surface area contributed by atoms with E-state index in [0.717, 1.165) is 5.92 Å². The van der Waals surface area contributed by atoms with Gasteiger partial charge in [0.25, 0.3) is 0 Å². The van der Waals surface area contributed by atoms with Gasteiger partial charge in [0.2, 0.25) is 0 Å². The Bertz CT molecular complexity index is 495. The molecule has 2 rings (SSSR count). The molecule has 0 radical (unpaired) electrons. The molecule has 0 atom stereocenters. The summed E-state index contributed by atoms with van der Waals surface area (Å²) in [5.41, 5.74) is 5.63. The highest BCUT2D eigenvalue weighted by atomic mass is 14.1. The molecule has 0 heteroatoms. The van der Waals surface area contributed by atoms with E-state index >= 15 is 0 Å². The van der Waals surface area contributed by atoms with Crippen LogP contribution in [0, 0.1) is 12.8 Å².